The average molecular weight is 277 g/mol. The smallest absolute Gasteiger partial charge is 0.255 e. The number of amides is 1. The Kier molecular flexibility index (Phi) is 4.29. The van der Waals surface area contributed by atoms with Crippen LogP contribution in [-0.4, -0.2) is 27.9 Å². The van der Waals surface area contributed by atoms with E-state index in [2.05, 4.69) is 25.6 Å². The number of aromatic amines is 1. The molecule has 2 aromatic heterocycles. The van der Waals surface area contributed by atoms with Gasteiger partial charge in [0.2, 0.25) is 0 Å². The van der Waals surface area contributed by atoms with Crippen molar-refractivity contribution in [1.29, 1.82) is 0 Å². The maximum Gasteiger partial charge on any atom is 0.255 e. The third-order valence-corrected chi connectivity index (χ3v) is 2.90. The van der Waals surface area contributed by atoms with E-state index in [-0.39, 0.29) is 11.6 Å². The second-order valence-corrected chi connectivity index (χ2v) is 4.21. The summed E-state index contributed by atoms with van der Waals surface area (Å²) in [5.41, 5.74) is 0.164. The molecule has 0 fully saturated rings. The summed E-state index contributed by atoms with van der Waals surface area (Å²) in [7, 11) is 1.63. The predicted octanol–water partition coefficient (Wildman–Crippen LogP) is 1.87. The van der Waals surface area contributed by atoms with Gasteiger partial charge in [-0.3, -0.25) is 4.79 Å². The van der Waals surface area contributed by atoms with E-state index in [1.807, 2.05) is 6.92 Å². The number of aromatic nitrogens is 3. The van der Waals surface area contributed by atoms with Gasteiger partial charge in [0.1, 0.15) is 17.5 Å². The number of imidazole rings is 1. The molecular formula is C13H16FN5O. The number of rotatable bonds is 5. The van der Waals surface area contributed by atoms with Crippen molar-refractivity contribution < 1.29 is 9.18 Å². The highest BCUT2D eigenvalue weighted by molar-refractivity contribution is 5.98. The topological polar surface area (TPSA) is 82.7 Å². The number of anilines is 1. The Labute approximate surface area is 115 Å². The maximum absolute atomic E-state index is 13.2. The van der Waals surface area contributed by atoms with Gasteiger partial charge in [0.25, 0.3) is 5.91 Å². The normalized spacial score (nSPS) is 11.9. The second kappa shape index (κ2) is 6.14. The fraction of sp³-hybridized carbons (Fsp3) is 0.308. The van der Waals surface area contributed by atoms with Crippen LogP contribution < -0.4 is 10.6 Å². The van der Waals surface area contributed by atoms with Crippen LogP contribution in [0, 0.1) is 5.82 Å². The SMILES string of the molecule is CCC(NC(=O)c1cc(F)cnc1NC)c1ncc[nH]1. The van der Waals surface area contributed by atoms with Crippen molar-refractivity contribution in [1.82, 2.24) is 20.3 Å². The molecule has 0 aliphatic heterocycles. The second-order valence-electron chi connectivity index (χ2n) is 4.21. The molecule has 1 amide bonds. The summed E-state index contributed by atoms with van der Waals surface area (Å²) in [6, 6.07) is 0.897. The highest BCUT2D eigenvalue weighted by Gasteiger charge is 2.19. The number of nitrogens with zero attached hydrogens (tertiary/aromatic N) is 2. The number of carbonyl (C=O) groups is 1. The first-order chi connectivity index (χ1) is 9.65. The largest absolute Gasteiger partial charge is 0.372 e. The first kappa shape index (κ1) is 14.0. The van der Waals surface area contributed by atoms with E-state index in [0.29, 0.717) is 18.1 Å². The molecule has 0 saturated heterocycles. The van der Waals surface area contributed by atoms with E-state index >= 15 is 0 Å². The Morgan fingerprint density at radius 2 is 2.30 bits per heavy atom. The zero-order valence-electron chi connectivity index (χ0n) is 11.3. The average Bonchev–Trinajstić information content (AvgIpc) is 2.98. The molecule has 0 aromatic carbocycles. The van der Waals surface area contributed by atoms with Gasteiger partial charge in [-0.05, 0) is 12.5 Å². The molecule has 7 heteroatoms. The van der Waals surface area contributed by atoms with E-state index < -0.39 is 11.7 Å². The highest BCUT2D eigenvalue weighted by Crippen LogP contribution is 2.16. The minimum atomic E-state index is -0.555. The van der Waals surface area contributed by atoms with Crippen molar-refractivity contribution in [2.75, 3.05) is 12.4 Å². The molecule has 6 nitrogen and oxygen atoms in total. The molecule has 2 rings (SSSR count). The Balaban J connectivity index is 2.21. The van der Waals surface area contributed by atoms with Crippen LogP contribution in [0.1, 0.15) is 35.6 Å². The molecule has 20 heavy (non-hydrogen) atoms. The molecule has 2 aromatic rings. The van der Waals surface area contributed by atoms with Crippen LogP contribution in [0.25, 0.3) is 0 Å². The van der Waals surface area contributed by atoms with E-state index in [1.165, 1.54) is 0 Å². The molecule has 106 valence electrons. The first-order valence-corrected chi connectivity index (χ1v) is 6.29. The lowest BCUT2D eigenvalue weighted by Gasteiger charge is -2.16. The summed E-state index contributed by atoms with van der Waals surface area (Å²) in [6.45, 7) is 1.93. The third-order valence-electron chi connectivity index (χ3n) is 2.90. The summed E-state index contributed by atoms with van der Waals surface area (Å²) in [6.07, 6.45) is 5.03. The van der Waals surface area contributed by atoms with Crippen molar-refractivity contribution in [2.45, 2.75) is 19.4 Å². The molecule has 1 unspecified atom stereocenters. The number of pyridine rings is 1. The first-order valence-electron chi connectivity index (χ1n) is 6.29. The van der Waals surface area contributed by atoms with Crippen LogP contribution in [0.3, 0.4) is 0 Å². The van der Waals surface area contributed by atoms with Crippen LogP contribution in [0.4, 0.5) is 10.2 Å². The Hall–Kier alpha value is -2.44. The molecule has 0 radical (unpaired) electrons. The monoisotopic (exact) mass is 277 g/mol. The maximum atomic E-state index is 13.2. The zero-order valence-corrected chi connectivity index (χ0v) is 11.3. The van der Waals surface area contributed by atoms with Crippen molar-refractivity contribution in [3.8, 4) is 0 Å². The fourth-order valence-electron chi connectivity index (χ4n) is 1.88. The lowest BCUT2D eigenvalue weighted by molar-refractivity contribution is 0.0934. The van der Waals surface area contributed by atoms with Crippen LogP contribution in [-0.2, 0) is 0 Å². The summed E-state index contributed by atoms with van der Waals surface area (Å²) in [4.78, 5) is 23.2. The molecule has 0 spiro atoms. The predicted molar refractivity (Wildman–Crippen MR) is 72.8 cm³/mol. The molecular weight excluding hydrogens is 261 g/mol. The molecule has 0 bridgehead atoms. The van der Waals surface area contributed by atoms with Crippen molar-refractivity contribution in [3.05, 3.63) is 41.9 Å². The van der Waals surface area contributed by atoms with E-state index in [9.17, 15) is 9.18 Å². The Bertz CT molecular complexity index is 584. The van der Waals surface area contributed by atoms with Crippen LogP contribution in [0.2, 0.25) is 0 Å². The zero-order chi connectivity index (χ0) is 14.5. The minimum absolute atomic E-state index is 0.164. The summed E-state index contributed by atoms with van der Waals surface area (Å²) in [5.74, 6) is 0.0409. The van der Waals surface area contributed by atoms with Crippen LogP contribution >= 0.6 is 0 Å². The number of nitrogens with one attached hydrogen (secondary N) is 3. The minimum Gasteiger partial charge on any atom is -0.372 e. The Morgan fingerprint density at radius 1 is 1.50 bits per heavy atom. The van der Waals surface area contributed by atoms with Crippen LogP contribution in [0.5, 0.6) is 0 Å². The molecule has 3 N–H and O–H groups in total. The van der Waals surface area contributed by atoms with Gasteiger partial charge in [-0.25, -0.2) is 14.4 Å². The Morgan fingerprint density at radius 3 is 2.90 bits per heavy atom. The number of hydrogen-bond acceptors (Lipinski definition) is 4. The number of hydrogen-bond donors (Lipinski definition) is 3. The molecule has 2 heterocycles. The van der Waals surface area contributed by atoms with Crippen molar-refractivity contribution in [2.24, 2.45) is 0 Å². The van der Waals surface area contributed by atoms with Gasteiger partial charge in [-0.15, -0.1) is 0 Å². The van der Waals surface area contributed by atoms with E-state index in [0.717, 1.165) is 12.3 Å². The quantitative estimate of drug-likeness (QED) is 0.779. The van der Waals surface area contributed by atoms with E-state index in [4.69, 9.17) is 0 Å². The van der Waals surface area contributed by atoms with Gasteiger partial charge in [-0.1, -0.05) is 6.92 Å². The van der Waals surface area contributed by atoms with E-state index in [1.54, 1.807) is 19.4 Å². The molecule has 0 saturated carbocycles. The lowest BCUT2D eigenvalue weighted by atomic mass is 10.1. The summed E-state index contributed by atoms with van der Waals surface area (Å²) < 4.78 is 13.2. The third kappa shape index (κ3) is 2.93. The standard InChI is InChI=1S/C13H16FN5O/c1-3-10(12-16-4-5-17-12)19-13(20)9-6-8(14)7-18-11(9)15-2/h4-7,10H,3H2,1-2H3,(H,15,18)(H,16,17)(H,19,20). The van der Waals surface area contributed by atoms with Crippen LogP contribution in [0.15, 0.2) is 24.7 Å². The summed E-state index contributed by atoms with van der Waals surface area (Å²) in [5, 5.41) is 5.58. The molecule has 0 aliphatic rings. The van der Waals surface area contributed by atoms with Crippen molar-refractivity contribution in [3.63, 3.8) is 0 Å². The van der Waals surface area contributed by atoms with Gasteiger partial charge >= 0.3 is 0 Å². The molecule has 1 atom stereocenters. The van der Waals surface area contributed by atoms with Crippen molar-refractivity contribution >= 4 is 11.7 Å². The fourth-order valence-corrected chi connectivity index (χ4v) is 1.88. The van der Waals surface area contributed by atoms with Gasteiger partial charge in [0, 0.05) is 19.4 Å². The van der Waals surface area contributed by atoms with Gasteiger partial charge in [0.15, 0.2) is 0 Å². The van der Waals surface area contributed by atoms with Gasteiger partial charge in [-0.2, -0.15) is 0 Å². The highest BCUT2D eigenvalue weighted by atomic mass is 19.1. The number of carbonyl (C=O) groups excluding carboxylic acids is 1. The number of H-pyrrole nitrogens is 1. The lowest BCUT2D eigenvalue weighted by Crippen LogP contribution is -2.29. The van der Waals surface area contributed by atoms with Gasteiger partial charge in [0.05, 0.1) is 17.8 Å². The summed E-state index contributed by atoms with van der Waals surface area (Å²) >= 11 is 0. The molecule has 0 aliphatic carbocycles. The number of halogens is 1. The van der Waals surface area contributed by atoms with Gasteiger partial charge < -0.3 is 15.6 Å².